The number of carbonyl (C=O) groups is 2. The molecule has 2 aliphatic carbocycles. The van der Waals surface area contributed by atoms with Crippen LogP contribution in [0.25, 0.3) is 0 Å². The first kappa shape index (κ1) is 16.2. The molecule has 124 valence electrons. The third kappa shape index (κ3) is 2.32. The lowest BCUT2D eigenvalue weighted by Crippen LogP contribution is -2.47. The summed E-state index contributed by atoms with van der Waals surface area (Å²) in [6.07, 6.45) is 2.95. The topological polar surface area (TPSA) is 43.4 Å². The lowest BCUT2D eigenvalue weighted by atomic mass is 9.57. The Kier molecular flexibility index (Phi) is 3.86. The van der Waals surface area contributed by atoms with Crippen LogP contribution in [0, 0.1) is 17.3 Å². The molecular formula is C20H26O3. The third-order valence-electron chi connectivity index (χ3n) is 6.04. The zero-order chi connectivity index (χ0) is 16.8. The largest absolute Gasteiger partial charge is 0.497 e. The van der Waals surface area contributed by atoms with Gasteiger partial charge < -0.3 is 4.74 Å². The molecule has 0 amide bonds. The van der Waals surface area contributed by atoms with Gasteiger partial charge >= 0.3 is 0 Å². The minimum absolute atomic E-state index is 0.145. The maximum Gasteiger partial charge on any atom is 0.150 e. The number of ether oxygens (including phenoxy) is 1. The molecule has 0 saturated heterocycles. The molecular weight excluding hydrogens is 288 g/mol. The van der Waals surface area contributed by atoms with Crippen LogP contribution in [-0.4, -0.2) is 18.7 Å². The van der Waals surface area contributed by atoms with Crippen LogP contribution in [0.4, 0.5) is 0 Å². The van der Waals surface area contributed by atoms with E-state index in [0.717, 1.165) is 18.6 Å². The predicted molar refractivity (Wildman–Crippen MR) is 89.6 cm³/mol. The van der Waals surface area contributed by atoms with E-state index in [1.165, 1.54) is 5.56 Å². The molecule has 3 rings (SSSR count). The molecule has 2 saturated carbocycles. The number of benzene rings is 1. The van der Waals surface area contributed by atoms with Gasteiger partial charge in [-0.1, -0.05) is 26.0 Å². The maximum absolute atomic E-state index is 13.0. The Morgan fingerprint density at radius 1 is 1.17 bits per heavy atom. The molecule has 1 aromatic carbocycles. The highest BCUT2D eigenvalue weighted by molar-refractivity contribution is 6.15. The zero-order valence-corrected chi connectivity index (χ0v) is 14.5. The van der Waals surface area contributed by atoms with Gasteiger partial charge in [-0.15, -0.1) is 0 Å². The second kappa shape index (κ2) is 5.47. The Hall–Kier alpha value is -1.64. The first-order valence-corrected chi connectivity index (χ1v) is 8.55. The second-order valence-electron chi connectivity index (χ2n) is 7.86. The van der Waals surface area contributed by atoms with Crippen LogP contribution in [0.15, 0.2) is 24.3 Å². The normalized spacial score (nSPS) is 33.3. The van der Waals surface area contributed by atoms with E-state index < -0.39 is 5.41 Å². The molecule has 2 fully saturated rings. The number of Topliss-reactive ketones (excluding diaryl/α,β-unsaturated/α-hetero) is 2. The van der Waals surface area contributed by atoms with Gasteiger partial charge in [0.15, 0.2) is 5.78 Å². The lowest BCUT2D eigenvalue weighted by molar-refractivity contribution is -0.138. The summed E-state index contributed by atoms with van der Waals surface area (Å²) in [6, 6.07) is 8.10. The summed E-state index contributed by atoms with van der Waals surface area (Å²) in [5.74, 6) is 1.45. The van der Waals surface area contributed by atoms with Gasteiger partial charge in [-0.05, 0) is 49.8 Å². The van der Waals surface area contributed by atoms with Crippen LogP contribution in [0.2, 0.25) is 0 Å². The second-order valence-corrected chi connectivity index (χ2v) is 7.86. The van der Waals surface area contributed by atoms with Crippen molar-refractivity contribution in [3.05, 3.63) is 29.8 Å². The van der Waals surface area contributed by atoms with Gasteiger partial charge in [0.1, 0.15) is 11.5 Å². The van der Waals surface area contributed by atoms with Crippen molar-refractivity contribution in [3.63, 3.8) is 0 Å². The zero-order valence-electron chi connectivity index (χ0n) is 14.5. The highest BCUT2D eigenvalue weighted by Gasteiger charge is 2.62. The van der Waals surface area contributed by atoms with Crippen LogP contribution < -0.4 is 4.74 Å². The quantitative estimate of drug-likeness (QED) is 0.791. The Labute approximate surface area is 138 Å². The van der Waals surface area contributed by atoms with Gasteiger partial charge in [-0.2, -0.15) is 0 Å². The molecule has 2 bridgehead atoms. The van der Waals surface area contributed by atoms with Crippen molar-refractivity contribution >= 4 is 11.6 Å². The first-order chi connectivity index (χ1) is 10.8. The number of ketones is 2. The summed E-state index contributed by atoms with van der Waals surface area (Å²) in [6.45, 7) is 6.24. The summed E-state index contributed by atoms with van der Waals surface area (Å²) in [7, 11) is 1.66. The van der Waals surface area contributed by atoms with Crippen molar-refractivity contribution in [3.8, 4) is 5.75 Å². The maximum atomic E-state index is 13.0. The number of hydrogen-bond donors (Lipinski definition) is 0. The van der Waals surface area contributed by atoms with E-state index in [1.807, 2.05) is 19.1 Å². The van der Waals surface area contributed by atoms with Crippen molar-refractivity contribution < 1.29 is 14.3 Å². The number of carbonyl (C=O) groups excluding carboxylic acids is 2. The van der Waals surface area contributed by atoms with Crippen molar-refractivity contribution in [1.82, 2.24) is 0 Å². The predicted octanol–water partition coefficient (Wildman–Crippen LogP) is 3.94. The number of methoxy groups -OCH3 is 1. The van der Waals surface area contributed by atoms with E-state index in [-0.39, 0.29) is 22.9 Å². The Morgan fingerprint density at radius 3 is 2.39 bits per heavy atom. The molecule has 1 aromatic rings. The fraction of sp³-hybridized carbons (Fsp3) is 0.600. The Balaban J connectivity index is 2.07. The fourth-order valence-electron chi connectivity index (χ4n) is 4.74. The third-order valence-corrected chi connectivity index (χ3v) is 6.04. The molecule has 3 atom stereocenters. The molecule has 0 aliphatic heterocycles. The van der Waals surface area contributed by atoms with Crippen LogP contribution in [0.1, 0.15) is 52.0 Å². The molecule has 3 nitrogen and oxygen atoms in total. The van der Waals surface area contributed by atoms with Crippen LogP contribution >= 0.6 is 0 Å². The molecule has 0 radical (unpaired) electrons. The van der Waals surface area contributed by atoms with Gasteiger partial charge in [-0.3, -0.25) is 9.59 Å². The van der Waals surface area contributed by atoms with Crippen molar-refractivity contribution in [1.29, 1.82) is 0 Å². The summed E-state index contributed by atoms with van der Waals surface area (Å²) < 4.78 is 5.27. The smallest absolute Gasteiger partial charge is 0.150 e. The molecule has 0 aromatic heterocycles. The highest BCUT2D eigenvalue weighted by Crippen LogP contribution is 2.57. The molecule has 0 unspecified atom stereocenters. The van der Waals surface area contributed by atoms with Crippen molar-refractivity contribution in [2.75, 3.05) is 7.11 Å². The number of hydrogen-bond acceptors (Lipinski definition) is 3. The van der Waals surface area contributed by atoms with E-state index >= 15 is 0 Å². The monoisotopic (exact) mass is 314 g/mol. The lowest BCUT2D eigenvalue weighted by Gasteiger charge is -2.45. The fourth-order valence-corrected chi connectivity index (χ4v) is 4.74. The summed E-state index contributed by atoms with van der Waals surface area (Å²) in [5.41, 5.74) is 0.253. The van der Waals surface area contributed by atoms with E-state index in [0.29, 0.717) is 18.8 Å². The Morgan fingerprint density at radius 2 is 1.83 bits per heavy atom. The van der Waals surface area contributed by atoms with Gasteiger partial charge in [0.2, 0.25) is 0 Å². The van der Waals surface area contributed by atoms with Crippen LogP contribution in [-0.2, 0) is 15.0 Å². The molecule has 3 heteroatoms. The number of fused-ring (bicyclic) bond motifs is 2. The van der Waals surface area contributed by atoms with Crippen molar-refractivity contribution in [2.24, 2.45) is 17.3 Å². The average molecular weight is 314 g/mol. The molecule has 2 aliphatic rings. The van der Waals surface area contributed by atoms with E-state index in [1.54, 1.807) is 7.11 Å². The Bertz CT molecular complexity index is 631. The molecule has 0 spiro atoms. The minimum Gasteiger partial charge on any atom is -0.497 e. The number of rotatable bonds is 4. The molecule has 23 heavy (non-hydrogen) atoms. The molecule has 0 heterocycles. The average Bonchev–Trinajstić information content (AvgIpc) is 2.68. The minimum atomic E-state index is -0.725. The van der Waals surface area contributed by atoms with Crippen molar-refractivity contribution in [2.45, 2.75) is 51.9 Å². The van der Waals surface area contributed by atoms with Crippen LogP contribution in [0.5, 0.6) is 5.75 Å². The van der Waals surface area contributed by atoms with Crippen LogP contribution in [0.3, 0.4) is 0 Å². The first-order valence-electron chi connectivity index (χ1n) is 8.55. The van der Waals surface area contributed by atoms with Gasteiger partial charge in [-0.25, -0.2) is 0 Å². The van der Waals surface area contributed by atoms with E-state index in [4.69, 9.17) is 4.74 Å². The van der Waals surface area contributed by atoms with E-state index in [2.05, 4.69) is 26.0 Å². The summed E-state index contributed by atoms with van der Waals surface area (Å²) in [4.78, 5) is 25.4. The van der Waals surface area contributed by atoms with Gasteiger partial charge in [0.25, 0.3) is 0 Å². The standard InChI is InChI=1S/C20H26O3/c1-13(2)12-20(14-5-7-15(23-4)8-6-14)10-9-19(3)17(21)11-16(20)18(19)22/h5-8,13,16H,9-12H2,1-4H3/t16-,19+,20-/m0/s1. The van der Waals surface area contributed by atoms with Gasteiger partial charge in [0.05, 0.1) is 12.5 Å². The molecule has 0 N–H and O–H groups in total. The summed E-state index contributed by atoms with van der Waals surface area (Å²) in [5, 5.41) is 0. The van der Waals surface area contributed by atoms with E-state index in [9.17, 15) is 9.59 Å². The SMILES string of the molecule is COc1ccc([C@@]2(CC(C)C)CC[C@]3(C)C(=O)C[C@H]2C3=O)cc1. The highest BCUT2D eigenvalue weighted by atomic mass is 16.5. The van der Waals surface area contributed by atoms with Gasteiger partial charge in [0, 0.05) is 17.8 Å². The summed E-state index contributed by atoms with van der Waals surface area (Å²) >= 11 is 0.